The molecule has 4 atom stereocenters. The molecule has 1 aliphatic heterocycles. The third-order valence-corrected chi connectivity index (χ3v) is 6.87. The molecule has 0 spiro atoms. The van der Waals surface area contributed by atoms with Gasteiger partial charge in [0, 0.05) is 28.6 Å². The van der Waals surface area contributed by atoms with Gasteiger partial charge < -0.3 is 19.9 Å². The minimum Gasteiger partial charge on any atom is -0.493 e. The lowest BCUT2D eigenvalue weighted by Gasteiger charge is -2.24. The summed E-state index contributed by atoms with van der Waals surface area (Å²) in [6, 6.07) is 13.0. The molecule has 2 N–H and O–H groups in total. The number of benzene rings is 2. The average Bonchev–Trinajstić information content (AvgIpc) is 3.62. The normalized spacial score (nSPS) is 24.3. The van der Waals surface area contributed by atoms with Crippen LogP contribution in [0, 0.1) is 17.2 Å². The van der Waals surface area contributed by atoms with Crippen molar-refractivity contribution in [1.29, 1.82) is 5.26 Å². The van der Waals surface area contributed by atoms with Crippen LogP contribution in [-0.4, -0.2) is 29.6 Å². The molecule has 0 radical (unpaired) electrons. The van der Waals surface area contributed by atoms with Gasteiger partial charge in [0.2, 0.25) is 5.91 Å². The number of hydrogen-bond acceptors (Lipinski definition) is 5. The first kappa shape index (κ1) is 23.0. The molecule has 4 unspecified atom stereocenters. The number of allylic oxidation sites excluding steroid dienone is 2. The molecule has 1 amide bonds. The van der Waals surface area contributed by atoms with Crippen molar-refractivity contribution in [3.8, 4) is 17.6 Å². The fourth-order valence-electron chi connectivity index (χ4n) is 4.57. The number of fused-ring (bicyclic) bond motifs is 1. The first-order valence-corrected chi connectivity index (χ1v) is 11.9. The Balaban J connectivity index is 1.20. The van der Waals surface area contributed by atoms with Gasteiger partial charge in [0.05, 0.1) is 24.0 Å². The summed E-state index contributed by atoms with van der Waals surface area (Å²) in [5.41, 5.74) is 1.89. The van der Waals surface area contributed by atoms with Gasteiger partial charge in [-0.1, -0.05) is 29.8 Å². The molecule has 1 saturated carbocycles. The van der Waals surface area contributed by atoms with Crippen molar-refractivity contribution in [3.63, 3.8) is 0 Å². The zero-order valence-electron chi connectivity index (χ0n) is 18.7. The van der Waals surface area contributed by atoms with Crippen molar-refractivity contribution in [2.75, 3.05) is 6.61 Å². The topological polar surface area (TPSA) is 109 Å². The SMILES string of the molecule is N#Cc1cc2c(cc1OC1=CCC(C(=O)NC3CC3c3ccc(Cl)cc3)C=C1)OCCC2C(=O)O. The Labute approximate surface area is 207 Å². The summed E-state index contributed by atoms with van der Waals surface area (Å²) in [5.74, 6) is -0.449. The summed E-state index contributed by atoms with van der Waals surface area (Å²) in [6.07, 6.45) is 7.07. The number of nitrogens with one attached hydrogen (secondary N) is 1. The van der Waals surface area contributed by atoms with E-state index in [1.165, 1.54) is 11.6 Å². The Morgan fingerprint density at radius 2 is 2.03 bits per heavy atom. The van der Waals surface area contributed by atoms with E-state index >= 15 is 0 Å². The zero-order chi connectivity index (χ0) is 24.5. The number of carbonyl (C=O) groups is 2. The number of ether oxygens (including phenoxy) is 2. The molecule has 3 aliphatic rings. The van der Waals surface area contributed by atoms with Crippen LogP contribution in [0.2, 0.25) is 5.02 Å². The van der Waals surface area contributed by atoms with Gasteiger partial charge in [0.1, 0.15) is 23.3 Å². The average molecular weight is 491 g/mol. The van der Waals surface area contributed by atoms with Gasteiger partial charge in [0.25, 0.3) is 0 Å². The van der Waals surface area contributed by atoms with Gasteiger partial charge >= 0.3 is 5.97 Å². The highest BCUT2D eigenvalue weighted by molar-refractivity contribution is 6.30. The van der Waals surface area contributed by atoms with E-state index in [0.717, 1.165) is 6.42 Å². The van der Waals surface area contributed by atoms with E-state index in [2.05, 4.69) is 11.4 Å². The first-order valence-electron chi connectivity index (χ1n) is 11.5. The molecule has 0 bridgehead atoms. The molecule has 1 fully saturated rings. The summed E-state index contributed by atoms with van der Waals surface area (Å²) in [5, 5.41) is 22.9. The molecule has 178 valence electrons. The number of halogens is 1. The molecule has 5 rings (SSSR count). The van der Waals surface area contributed by atoms with Crippen molar-refractivity contribution < 1.29 is 24.2 Å². The zero-order valence-corrected chi connectivity index (χ0v) is 19.5. The lowest BCUT2D eigenvalue weighted by molar-refractivity contribution is -0.139. The van der Waals surface area contributed by atoms with E-state index in [1.807, 2.05) is 30.3 Å². The standard InChI is InChI=1S/C27H23ClN2O5/c28-18-5-1-15(2-6-18)21-12-23(21)30-26(31)16-3-7-19(8-4-16)35-24-13-25-22(11-17(24)14-29)20(27(32)33)9-10-34-25/h1-3,5-8,11,13,16,20-21,23H,4,9-10,12H2,(H,30,31)(H,32,33). The van der Waals surface area contributed by atoms with Gasteiger partial charge in [-0.15, -0.1) is 0 Å². The highest BCUT2D eigenvalue weighted by atomic mass is 35.5. The molecule has 2 aromatic rings. The molecule has 0 saturated heterocycles. The number of rotatable bonds is 6. The smallest absolute Gasteiger partial charge is 0.311 e. The number of nitriles is 1. The van der Waals surface area contributed by atoms with E-state index in [1.54, 1.807) is 18.2 Å². The van der Waals surface area contributed by atoms with E-state index in [9.17, 15) is 20.0 Å². The van der Waals surface area contributed by atoms with Crippen LogP contribution in [0.5, 0.6) is 11.5 Å². The van der Waals surface area contributed by atoms with Crippen molar-refractivity contribution in [2.45, 2.75) is 37.1 Å². The van der Waals surface area contributed by atoms with Crippen molar-refractivity contribution in [2.24, 2.45) is 5.92 Å². The van der Waals surface area contributed by atoms with Crippen LogP contribution in [-0.2, 0) is 9.59 Å². The molecule has 0 aromatic heterocycles. The summed E-state index contributed by atoms with van der Waals surface area (Å²) in [4.78, 5) is 24.3. The Morgan fingerprint density at radius 3 is 2.71 bits per heavy atom. The Bertz CT molecular complexity index is 1280. The second-order valence-electron chi connectivity index (χ2n) is 8.94. The number of carboxylic acids is 1. The minimum atomic E-state index is -0.944. The number of amides is 1. The van der Waals surface area contributed by atoms with Gasteiger partial charge in [-0.25, -0.2) is 0 Å². The highest BCUT2D eigenvalue weighted by Gasteiger charge is 2.40. The molecular weight excluding hydrogens is 468 g/mol. The monoisotopic (exact) mass is 490 g/mol. The molecule has 8 heteroatoms. The Kier molecular flexibility index (Phi) is 6.23. The maximum Gasteiger partial charge on any atom is 0.311 e. The number of carbonyl (C=O) groups excluding carboxylic acids is 1. The van der Waals surface area contributed by atoms with E-state index in [4.69, 9.17) is 21.1 Å². The molecule has 2 aromatic carbocycles. The largest absolute Gasteiger partial charge is 0.493 e. The van der Waals surface area contributed by atoms with E-state index in [-0.39, 0.29) is 30.0 Å². The van der Waals surface area contributed by atoms with Crippen molar-refractivity contribution in [3.05, 3.63) is 82.1 Å². The maximum absolute atomic E-state index is 12.7. The number of nitrogens with zero attached hydrogens (tertiary/aromatic N) is 1. The van der Waals surface area contributed by atoms with E-state index in [0.29, 0.717) is 46.6 Å². The second kappa shape index (κ2) is 9.47. The van der Waals surface area contributed by atoms with Crippen LogP contribution >= 0.6 is 11.6 Å². The summed E-state index contributed by atoms with van der Waals surface area (Å²) in [7, 11) is 0. The molecule has 35 heavy (non-hydrogen) atoms. The van der Waals surface area contributed by atoms with Gasteiger partial charge in [-0.05, 0) is 55.2 Å². The van der Waals surface area contributed by atoms with Crippen LogP contribution < -0.4 is 14.8 Å². The highest BCUT2D eigenvalue weighted by Crippen LogP contribution is 2.42. The fourth-order valence-corrected chi connectivity index (χ4v) is 4.69. The molecule has 2 aliphatic carbocycles. The Morgan fingerprint density at radius 1 is 1.23 bits per heavy atom. The third kappa shape index (κ3) is 4.89. The predicted octanol–water partition coefficient (Wildman–Crippen LogP) is 4.67. The second-order valence-corrected chi connectivity index (χ2v) is 9.38. The van der Waals surface area contributed by atoms with Crippen LogP contribution in [0.3, 0.4) is 0 Å². The number of hydrogen-bond donors (Lipinski definition) is 2. The van der Waals surface area contributed by atoms with Gasteiger partial charge in [-0.2, -0.15) is 5.26 Å². The lowest BCUT2D eigenvalue weighted by atomic mass is 9.91. The molecule has 7 nitrogen and oxygen atoms in total. The predicted molar refractivity (Wildman–Crippen MR) is 128 cm³/mol. The van der Waals surface area contributed by atoms with Gasteiger partial charge in [-0.3, -0.25) is 9.59 Å². The quantitative estimate of drug-likeness (QED) is 0.609. The maximum atomic E-state index is 12.7. The molecule has 1 heterocycles. The van der Waals surface area contributed by atoms with Crippen LogP contribution in [0.1, 0.15) is 47.8 Å². The van der Waals surface area contributed by atoms with Crippen molar-refractivity contribution in [1.82, 2.24) is 5.32 Å². The summed E-state index contributed by atoms with van der Waals surface area (Å²) < 4.78 is 11.5. The van der Waals surface area contributed by atoms with Crippen LogP contribution in [0.25, 0.3) is 0 Å². The summed E-state index contributed by atoms with van der Waals surface area (Å²) >= 11 is 5.95. The first-order chi connectivity index (χ1) is 16.9. The number of aliphatic carboxylic acids is 1. The van der Waals surface area contributed by atoms with Crippen LogP contribution in [0.4, 0.5) is 0 Å². The van der Waals surface area contributed by atoms with Crippen molar-refractivity contribution >= 4 is 23.5 Å². The summed E-state index contributed by atoms with van der Waals surface area (Å²) in [6.45, 7) is 0.286. The number of carboxylic acid groups (broad SMARTS) is 1. The molecular formula is C27H23ClN2O5. The lowest BCUT2D eigenvalue weighted by Crippen LogP contribution is -2.32. The van der Waals surface area contributed by atoms with Crippen LogP contribution in [0.15, 0.2) is 60.4 Å². The Hall–Kier alpha value is -3.76. The minimum absolute atomic E-state index is 0.0300. The third-order valence-electron chi connectivity index (χ3n) is 6.62. The van der Waals surface area contributed by atoms with E-state index < -0.39 is 11.9 Å². The van der Waals surface area contributed by atoms with Gasteiger partial charge in [0.15, 0.2) is 0 Å². The fraction of sp³-hybridized carbons (Fsp3) is 0.296.